The third-order valence-electron chi connectivity index (χ3n) is 6.70. The van der Waals surface area contributed by atoms with Gasteiger partial charge < -0.3 is 20.4 Å². The Morgan fingerprint density at radius 3 is 2.39 bits per heavy atom. The molecule has 4 rings (SSSR count). The molecule has 44 heavy (non-hydrogen) atoms. The molecule has 0 aliphatic heterocycles. The van der Waals surface area contributed by atoms with Crippen LogP contribution >= 0.6 is 11.3 Å². The highest BCUT2D eigenvalue weighted by Gasteiger charge is 2.32. The summed E-state index contributed by atoms with van der Waals surface area (Å²) >= 11 is 1.25. The first kappa shape index (κ1) is 32.6. The number of alkyl halides is 3. The van der Waals surface area contributed by atoms with Crippen molar-refractivity contribution in [2.24, 2.45) is 5.41 Å². The molecule has 0 aliphatic carbocycles. The van der Waals surface area contributed by atoms with Crippen molar-refractivity contribution < 1.29 is 22.8 Å². The maximum Gasteiger partial charge on any atom is 0.416 e. The third-order valence-corrected chi connectivity index (χ3v) is 7.63. The van der Waals surface area contributed by atoms with Crippen LogP contribution in [0.4, 0.5) is 29.7 Å². The number of benzene rings is 2. The number of thiazole rings is 1. The molecule has 4 aromatic rings. The van der Waals surface area contributed by atoms with Gasteiger partial charge in [-0.3, -0.25) is 9.59 Å². The molecule has 14 heteroatoms. The fraction of sp³-hybridized carbons (Fsp3) is 0.367. The Morgan fingerprint density at radius 2 is 1.73 bits per heavy atom. The summed E-state index contributed by atoms with van der Waals surface area (Å²) in [6.45, 7) is 8.40. The van der Waals surface area contributed by atoms with Gasteiger partial charge in [-0.1, -0.05) is 43.4 Å². The Kier molecular flexibility index (Phi) is 9.44. The summed E-state index contributed by atoms with van der Waals surface area (Å²) in [5.74, 6) is -0.736. The van der Waals surface area contributed by atoms with E-state index < -0.39 is 23.1 Å². The van der Waals surface area contributed by atoms with E-state index in [1.54, 1.807) is 42.5 Å². The number of aryl methyl sites for hydroxylation is 1. The summed E-state index contributed by atoms with van der Waals surface area (Å²) in [6, 6.07) is 8.44. The topological polar surface area (TPSA) is 108 Å². The molecule has 0 atom stereocenters. The number of halogens is 3. The number of likely N-dealkylation sites (N-methyl/N-ethyl adjacent to an activating group) is 2. The van der Waals surface area contributed by atoms with E-state index in [1.165, 1.54) is 22.1 Å². The van der Waals surface area contributed by atoms with Crippen LogP contribution in [0.2, 0.25) is 0 Å². The van der Waals surface area contributed by atoms with Crippen LogP contribution in [0, 0.1) is 12.3 Å². The molecule has 0 unspecified atom stereocenters. The predicted molar refractivity (Wildman–Crippen MR) is 167 cm³/mol. The van der Waals surface area contributed by atoms with Crippen LogP contribution in [0.1, 0.15) is 42.3 Å². The second-order valence-electron chi connectivity index (χ2n) is 11.7. The number of aromatic nitrogens is 4. The van der Waals surface area contributed by atoms with Gasteiger partial charge in [0.15, 0.2) is 5.13 Å². The van der Waals surface area contributed by atoms with Crippen molar-refractivity contribution in [3.8, 4) is 16.3 Å². The normalized spacial score (nSPS) is 12.0. The lowest BCUT2D eigenvalue weighted by atomic mass is 9.96. The van der Waals surface area contributed by atoms with Gasteiger partial charge >= 0.3 is 6.18 Å². The number of carbonyl (C=O) groups is 2. The van der Waals surface area contributed by atoms with Gasteiger partial charge in [-0.25, -0.2) is 9.67 Å². The Morgan fingerprint density at radius 1 is 1.00 bits per heavy atom. The van der Waals surface area contributed by atoms with Gasteiger partial charge in [-0.15, -0.1) is 5.10 Å². The lowest BCUT2D eigenvalue weighted by Gasteiger charge is -2.23. The molecule has 0 fully saturated rings. The zero-order valence-electron chi connectivity index (χ0n) is 25.6. The smallest absolute Gasteiger partial charge is 0.373 e. The number of hydrogen-bond acceptors (Lipinski definition) is 8. The number of hydrogen-bond donors (Lipinski definition) is 2. The molecule has 2 aromatic heterocycles. The molecular weight excluding hydrogens is 593 g/mol. The highest BCUT2D eigenvalue weighted by atomic mass is 32.1. The number of carbonyl (C=O) groups excluding carboxylic acids is 2. The lowest BCUT2D eigenvalue weighted by molar-refractivity contribution is -0.137. The number of rotatable bonds is 9. The Hall–Kier alpha value is -4.30. The summed E-state index contributed by atoms with van der Waals surface area (Å²) in [6.07, 6.45) is -1.32. The quantitative estimate of drug-likeness (QED) is 0.236. The fourth-order valence-electron chi connectivity index (χ4n) is 3.98. The second-order valence-corrected chi connectivity index (χ2v) is 12.8. The lowest BCUT2D eigenvalue weighted by Crippen LogP contribution is -2.28. The predicted octanol–water partition coefficient (Wildman–Crippen LogP) is 5.95. The van der Waals surface area contributed by atoms with E-state index >= 15 is 0 Å². The number of nitrogens with zero attached hydrogens (tertiary/aromatic N) is 6. The standard InChI is InChI=1S/C30H35F3N8O2S/c1-18-8-9-19(26(42)35-21-13-20(30(31,32)33)14-22(15-21)40(7)11-10-39(5)6)12-24(18)41-17-23(37-38-41)25-16-34-28(44-25)36-27(43)29(2,3)4/h8-9,12-17H,10-11H2,1-7H3,(H,35,42)(H,34,36,43). The monoisotopic (exact) mass is 628 g/mol. The number of anilines is 3. The van der Waals surface area contributed by atoms with Crippen molar-refractivity contribution in [3.63, 3.8) is 0 Å². The molecule has 0 saturated heterocycles. The fourth-order valence-corrected chi connectivity index (χ4v) is 4.74. The van der Waals surface area contributed by atoms with Gasteiger partial charge in [-0.05, 0) is 56.9 Å². The van der Waals surface area contributed by atoms with Gasteiger partial charge in [0.1, 0.15) is 5.69 Å². The van der Waals surface area contributed by atoms with Gasteiger partial charge in [0, 0.05) is 48.7 Å². The van der Waals surface area contributed by atoms with Crippen molar-refractivity contribution in [3.05, 3.63) is 65.5 Å². The SMILES string of the molecule is Cc1ccc(C(=O)Nc2cc(N(C)CCN(C)C)cc(C(F)(F)F)c2)cc1-n1cc(-c2cnc(NC(=O)C(C)(C)C)s2)nn1. The highest BCUT2D eigenvalue weighted by molar-refractivity contribution is 7.19. The molecule has 0 radical (unpaired) electrons. The number of nitrogens with one attached hydrogen (secondary N) is 2. The minimum atomic E-state index is -4.59. The maximum atomic E-state index is 13.7. The average Bonchev–Trinajstić information content (AvgIpc) is 3.60. The van der Waals surface area contributed by atoms with Gasteiger partial charge in [0.2, 0.25) is 5.91 Å². The Balaban J connectivity index is 1.56. The van der Waals surface area contributed by atoms with Crippen molar-refractivity contribution in [2.75, 3.05) is 49.8 Å². The van der Waals surface area contributed by atoms with Crippen LogP contribution in [0.25, 0.3) is 16.3 Å². The van der Waals surface area contributed by atoms with Gasteiger partial charge in [-0.2, -0.15) is 13.2 Å². The second kappa shape index (κ2) is 12.7. The first-order chi connectivity index (χ1) is 20.5. The molecule has 0 bridgehead atoms. The molecule has 10 nitrogen and oxygen atoms in total. The zero-order chi connectivity index (χ0) is 32.4. The van der Waals surface area contributed by atoms with Crippen LogP contribution in [0.5, 0.6) is 0 Å². The molecule has 2 heterocycles. The van der Waals surface area contributed by atoms with E-state index in [4.69, 9.17) is 0 Å². The molecule has 0 saturated carbocycles. The van der Waals surface area contributed by atoms with Crippen LogP contribution in [-0.4, -0.2) is 70.9 Å². The van der Waals surface area contributed by atoms with Gasteiger partial charge in [0.05, 0.1) is 22.3 Å². The minimum absolute atomic E-state index is 0.0289. The third kappa shape index (κ3) is 7.99. The van der Waals surface area contributed by atoms with E-state index in [1.807, 2.05) is 46.7 Å². The van der Waals surface area contributed by atoms with E-state index in [9.17, 15) is 22.8 Å². The van der Waals surface area contributed by atoms with Crippen LogP contribution in [0.3, 0.4) is 0 Å². The van der Waals surface area contributed by atoms with Crippen molar-refractivity contribution >= 4 is 39.7 Å². The number of amides is 2. The first-order valence-electron chi connectivity index (χ1n) is 13.7. The molecule has 2 amide bonds. The molecule has 234 valence electrons. The van der Waals surface area contributed by atoms with Crippen molar-refractivity contribution in [1.29, 1.82) is 0 Å². The van der Waals surface area contributed by atoms with E-state index in [0.717, 1.165) is 17.7 Å². The average molecular weight is 629 g/mol. The first-order valence-corrected chi connectivity index (χ1v) is 14.5. The van der Waals surface area contributed by atoms with Crippen LogP contribution in [-0.2, 0) is 11.0 Å². The molecule has 0 aliphatic rings. The highest BCUT2D eigenvalue weighted by Crippen LogP contribution is 2.35. The summed E-state index contributed by atoms with van der Waals surface area (Å²) in [5, 5.41) is 14.3. The van der Waals surface area contributed by atoms with Gasteiger partial charge in [0.25, 0.3) is 5.91 Å². The summed E-state index contributed by atoms with van der Waals surface area (Å²) < 4.78 is 42.7. The summed E-state index contributed by atoms with van der Waals surface area (Å²) in [5.41, 5.74) is 1.04. The zero-order valence-corrected chi connectivity index (χ0v) is 26.4. The maximum absolute atomic E-state index is 13.7. The van der Waals surface area contributed by atoms with E-state index in [0.29, 0.717) is 40.2 Å². The Bertz CT molecular complexity index is 1660. The molecule has 0 spiro atoms. The molecule has 2 aromatic carbocycles. The van der Waals surface area contributed by atoms with Crippen LogP contribution < -0.4 is 15.5 Å². The van der Waals surface area contributed by atoms with E-state index in [2.05, 4.69) is 25.9 Å². The summed E-state index contributed by atoms with van der Waals surface area (Å²) in [7, 11) is 5.47. The summed E-state index contributed by atoms with van der Waals surface area (Å²) in [4.78, 5) is 34.1. The van der Waals surface area contributed by atoms with E-state index in [-0.39, 0.29) is 17.2 Å². The molecular formula is C30H35F3N8O2S. The largest absolute Gasteiger partial charge is 0.416 e. The van der Waals surface area contributed by atoms with Crippen molar-refractivity contribution in [1.82, 2.24) is 24.9 Å². The van der Waals surface area contributed by atoms with Crippen molar-refractivity contribution in [2.45, 2.75) is 33.9 Å². The minimum Gasteiger partial charge on any atom is -0.373 e. The Labute approximate surface area is 257 Å². The van der Waals surface area contributed by atoms with Crippen LogP contribution in [0.15, 0.2) is 48.8 Å². The molecule has 2 N–H and O–H groups in total.